The van der Waals surface area contributed by atoms with Crippen molar-refractivity contribution < 1.29 is 4.79 Å². The average molecular weight is 530 g/mol. The Kier molecular flexibility index (Phi) is 7.48. The number of aromatic nitrogens is 1. The third kappa shape index (κ3) is 5.43. The van der Waals surface area contributed by atoms with E-state index in [4.69, 9.17) is 4.98 Å². The van der Waals surface area contributed by atoms with Crippen molar-refractivity contribution in [1.29, 1.82) is 5.26 Å². The van der Waals surface area contributed by atoms with Crippen molar-refractivity contribution in [3.8, 4) is 17.2 Å². The molecular formula is C34H35N5O. The predicted molar refractivity (Wildman–Crippen MR) is 160 cm³/mol. The van der Waals surface area contributed by atoms with E-state index in [0.717, 1.165) is 61.1 Å². The number of amides is 1. The maximum absolute atomic E-state index is 14.3. The molecule has 0 bridgehead atoms. The van der Waals surface area contributed by atoms with Crippen LogP contribution in [0.2, 0.25) is 0 Å². The molecule has 1 aromatic heterocycles. The lowest BCUT2D eigenvalue weighted by molar-refractivity contribution is 0.0710. The number of hydrogen-bond donors (Lipinski definition) is 1. The minimum absolute atomic E-state index is 0.0433. The normalized spacial score (nSPS) is 18.1. The smallest absolute Gasteiger partial charge is 0.254 e. The molecular weight excluding hydrogens is 494 g/mol. The molecule has 4 aromatic rings. The highest BCUT2D eigenvalue weighted by Gasteiger charge is 2.32. The number of nitriles is 1. The van der Waals surface area contributed by atoms with E-state index in [0.29, 0.717) is 16.9 Å². The second-order valence-electron chi connectivity index (χ2n) is 11.1. The number of fused-ring (bicyclic) bond motifs is 1. The van der Waals surface area contributed by atoms with Crippen molar-refractivity contribution in [2.24, 2.45) is 0 Å². The molecule has 1 N–H and O–H groups in total. The SMILES string of the molecule is C[C@H](Nc1cc(C(=O)N2CCC[C@H]2CN2CCCC2)c2cc(-c3ccc(C#N)cc3)ccc2n1)c1ccccc1. The van der Waals surface area contributed by atoms with Gasteiger partial charge in [0.1, 0.15) is 5.82 Å². The first-order valence-electron chi connectivity index (χ1n) is 14.4. The summed E-state index contributed by atoms with van der Waals surface area (Å²) < 4.78 is 0. The fourth-order valence-corrected chi connectivity index (χ4v) is 6.15. The summed E-state index contributed by atoms with van der Waals surface area (Å²) in [6.45, 7) is 6.14. The highest BCUT2D eigenvalue weighted by molar-refractivity contribution is 6.08. The molecule has 0 radical (unpaired) electrons. The van der Waals surface area contributed by atoms with E-state index >= 15 is 0 Å². The van der Waals surface area contributed by atoms with Crippen molar-refractivity contribution in [1.82, 2.24) is 14.8 Å². The number of nitrogens with one attached hydrogen (secondary N) is 1. The number of anilines is 1. The Morgan fingerprint density at radius 3 is 2.48 bits per heavy atom. The zero-order valence-corrected chi connectivity index (χ0v) is 23.0. The minimum atomic E-state index is 0.0433. The van der Waals surface area contributed by atoms with Gasteiger partial charge in [0, 0.05) is 30.6 Å². The number of pyridine rings is 1. The summed E-state index contributed by atoms with van der Waals surface area (Å²) in [7, 11) is 0. The first-order chi connectivity index (χ1) is 19.6. The number of benzene rings is 3. The maximum atomic E-state index is 14.3. The van der Waals surface area contributed by atoms with Crippen molar-refractivity contribution in [2.75, 3.05) is 31.5 Å². The van der Waals surface area contributed by atoms with Gasteiger partial charge in [-0.05, 0) is 92.7 Å². The van der Waals surface area contributed by atoms with Crippen LogP contribution in [0.4, 0.5) is 5.82 Å². The summed E-state index contributed by atoms with van der Waals surface area (Å²) in [5.41, 5.74) is 5.29. The van der Waals surface area contributed by atoms with Crippen LogP contribution >= 0.6 is 0 Å². The average Bonchev–Trinajstić information content (AvgIpc) is 3.69. The van der Waals surface area contributed by atoms with Crippen LogP contribution < -0.4 is 5.32 Å². The van der Waals surface area contributed by atoms with E-state index in [1.165, 1.54) is 18.4 Å². The van der Waals surface area contributed by atoms with E-state index in [-0.39, 0.29) is 18.0 Å². The molecule has 40 heavy (non-hydrogen) atoms. The van der Waals surface area contributed by atoms with Crippen LogP contribution in [0, 0.1) is 11.3 Å². The van der Waals surface area contributed by atoms with Crippen molar-refractivity contribution >= 4 is 22.6 Å². The third-order valence-corrected chi connectivity index (χ3v) is 8.36. The van der Waals surface area contributed by atoms with Gasteiger partial charge in [0.25, 0.3) is 5.91 Å². The van der Waals surface area contributed by atoms with E-state index < -0.39 is 0 Å². The molecule has 0 saturated carbocycles. The standard InChI is InChI=1S/C34H35N5O/c1-24(26-8-3-2-4-9-26)36-33-21-31(34(40)39-19-7-10-29(39)23-38-17-5-6-18-38)30-20-28(15-16-32(30)37-33)27-13-11-25(22-35)12-14-27/h2-4,8-9,11-16,20-21,24,29H,5-7,10,17-19,23H2,1H3,(H,36,37)/t24-,29-/m0/s1. The number of hydrogen-bond acceptors (Lipinski definition) is 5. The van der Waals surface area contributed by atoms with Crippen LogP contribution in [0.3, 0.4) is 0 Å². The molecule has 2 aliphatic rings. The monoisotopic (exact) mass is 529 g/mol. The van der Waals surface area contributed by atoms with Gasteiger partial charge in [0.05, 0.1) is 22.7 Å². The van der Waals surface area contributed by atoms with Gasteiger partial charge >= 0.3 is 0 Å². The summed E-state index contributed by atoms with van der Waals surface area (Å²) in [4.78, 5) is 23.9. The quantitative estimate of drug-likeness (QED) is 0.290. The molecule has 3 heterocycles. The van der Waals surface area contributed by atoms with Gasteiger partial charge in [-0.25, -0.2) is 4.98 Å². The van der Waals surface area contributed by atoms with Crippen LogP contribution in [-0.2, 0) is 0 Å². The minimum Gasteiger partial charge on any atom is -0.364 e. The predicted octanol–water partition coefficient (Wildman–Crippen LogP) is 6.65. The van der Waals surface area contributed by atoms with Crippen LogP contribution in [0.5, 0.6) is 0 Å². The molecule has 2 atom stereocenters. The first kappa shape index (κ1) is 26.0. The largest absolute Gasteiger partial charge is 0.364 e. The number of likely N-dealkylation sites (tertiary alicyclic amines) is 2. The third-order valence-electron chi connectivity index (χ3n) is 8.36. The van der Waals surface area contributed by atoms with Crippen molar-refractivity contribution in [3.63, 3.8) is 0 Å². The molecule has 2 aliphatic heterocycles. The van der Waals surface area contributed by atoms with Gasteiger partial charge in [0.2, 0.25) is 0 Å². The first-order valence-corrected chi connectivity index (χ1v) is 14.4. The molecule has 6 nitrogen and oxygen atoms in total. The zero-order valence-electron chi connectivity index (χ0n) is 23.0. The Hall–Kier alpha value is -4.21. The number of carbonyl (C=O) groups excluding carboxylic acids is 1. The molecule has 202 valence electrons. The molecule has 6 rings (SSSR count). The Labute approximate surface area is 236 Å². The lowest BCUT2D eigenvalue weighted by Crippen LogP contribution is -2.42. The summed E-state index contributed by atoms with van der Waals surface area (Å²) in [5.74, 6) is 0.787. The van der Waals surface area contributed by atoms with Crippen molar-refractivity contribution in [3.05, 3.63) is 95.6 Å². The van der Waals surface area contributed by atoms with Gasteiger partial charge in [0.15, 0.2) is 0 Å². The van der Waals surface area contributed by atoms with Gasteiger partial charge in [-0.15, -0.1) is 0 Å². The van der Waals surface area contributed by atoms with Crippen LogP contribution in [0.1, 0.15) is 60.1 Å². The zero-order chi connectivity index (χ0) is 27.5. The Morgan fingerprint density at radius 2 is 1.73 bits per heavy atom. The molecule has 0 spiro atoms. The van der Waals surface area contributed by atoms with Gasteiger partial charge in [-0.3, -0.25) is 4.79 Å². The molecule has 2 fully saturated rings. The Morgan fingerprint density at radius 1 is 0.975 bits per heavy atom. The Balaban J connectivity index is 1.38. The van der Waals surface area contributed by atoms with E-state index in [1.807, 2.05) is 60.7 Å². The number of nitrogens with zero attached hydrogens (tertiary/aromatic N) is 4. The van der Waals surface area contributed by atoms with Crippen LogP contribution in [0.15, 0.2) is 78.9 Å². The molecule has 6 heteroatoms. The van der Waals surface area contributed by atoms with Crippen molar-refractivity contribution in [2.45, 2.75) is 44.7 Å². The Bertz CT molecular complexity index is 1540. The van der Waals surface area contributed by atoms with E-state index in [1.54, 1.807) is 0 Å². The molecule has 0 unspecified atom stereocenters. The van der Waals surface area contributed by atoms with E-state index in [9.17, 15) is 10.1 Å². The summed E-state index contributed by atoms with van der Waals surface area (Å²) in [6.07, 6.45) is 4.60. The highest BCUT2D eigenvalue weighted by atomic mass is 16.2. The maximum Gasteiger partial charge on any atom is 0.254 e. The summed E-state index contributed by atoms with van der Waals surface area (Å²) in [5, 5.41) is 13.6. The fraction of sp³-hybridized carbons (Fsp3) is 0.324. The number of carbonyl (C=O) groups is 1. The second-order valence-corrected chi connectivity index (χ2v) is 11.1. The molecule has 1 amide bonds. The highest BCUT2D eigenvalue weighted by Crippen LogP contribution is 2.31. The molecule has 0 aliphatic carbocycles. The fourth-order valence-electron chi connectivity index (χ4n) is 6.15. The second kappa shape index (κ2) is 11.5. The number of rotatable bonds is 7. The van der Waals surface area contributed by atoms with Gasteiger partial charge in [-0.1, -0.05) is 48.5 Å². The summed E-state index contributed by atoms with van der Waals surface area (Å²) >= 11 is 0. The lowest BCUT2D eigenvalue weighted by atomic mass is 9.99. The summed E-state index contributed by atoms with van der Waals surface area (Å²) in [6, 6.07) is 28.4. The lowest BCUT2D eigenvalue weighted by Gasteiger charge is -2.29. The topological polar surface area (TPSA) is 72.3 Å². The van der Waals surface area contributed by atoms with Gasteiger partial charge in [-0.2, -0.15) is 5.26 Å². The molecule has 3 aromatic carbocycles. The molecule has 2 saturated heterocycles. The van der Waals surface area contributed by atoms with Crippen LogP contribution in [-0.4, -0.2) is 52.9 Å². The van der Waals surface area contributed by atoms with E-state index in [2.05, 4.69) is 46.3 Å². The van der Waals surface area contributed by atoms with Crippen LogP contribution in [0.25, 0.3) is 22.0 Å². The van der Waals surface area contributed by atoms with Gasteiger partial charge < -0.3 is 15.1 Å².